The van der Waals surface area contributed by atoms with Gasteiger partial charge in [0, 0.05) is 9.86 Å². The van der Waals surface area contributed by atoms with Crippen LogP contribution < -0.4 is 0 Å². The molecule has 1 heterocycles. The Kier molecular flexibility index (Phi) is 2.98. The minimum Gasteiger partial charge on any atom is -0.236 e. The van der Waals surface area contributed by atoms with E-state index in [-0.39, 0.29) is 0 Å². The molecule has 0 atom stereocenters. The Labute approximate surface area is 103 Å². The maximum Gasteiger partial charge on any atom is 0.132 e. The van der Waals surface area contributed by atoms with E-state index in [0.717, 1.165) is 27.4 Å². The number of benzene rings is 1. The fourth-order valence-electron chi connectivity index (χ4n) is 1.58. The predicted octanol–water partition coefficient (Wildman–Crippen LogP) is 4.52. The number of hydrogen-bond donors (Lipinski definition) is 0. The van der Waals surface area contributed by atoms with E-state index < -0.39 is 0 Å². The Balaban J connectivity index is 2.76. The number of pyridine rings is 1. The highest BCUT2D eigenvalue weighted by Gasteiger charge is 2.05. The third-order valence-corrected chi connectivity index (χ3v) is 3.68. The summed E-state index contributed by atoms with van der Waals surface area (Å²) < 4.78 is 1.07. The Bertz CT molecular complexity index is 523. The summed E-state index contributed by atoms with van der Waals surface area (Å²) in [5.41, 5.74) is 3.26. The van der Waals surface area contributed by atoms with Crippen LogP contribution in [0.15, 0.2) is 22.7 Å². The van der Waals surface area contributed by atoms with Gasteiger partial charge in [-0.1, -0.05) is 34.5 Å². The standard InChI is InChI=1S/C12H11BrClN/c1-3-8-5-9-4-7(2)10(13)6-11(9)15-12(8)14/h4-6H,3H2,1-2H3. The van der Waals surface area contributed by atoms with E-state index in [9.17, 15) is 0 Å². The molecule has 0 spiro atoms. The molecule has 0 aliphatic heterocycles. The number of aromatic nitrogens is 1. The first-order valence-corrected chi connectivity index (χ1v) is 6.04. The fourth-order valence-corrected chi connectivity index (χ4v) is 2.19. The molecule has 1 aromatic heterocycles. The molecule has 2 rings (SSSR count). The van der Waals surface area contributed by atoms with Crippen molar-refractivity contribution in [3.8, 4) is 0 Å². The van der Waals surface area contributed by atoms with Crippen LogP contribution in [-0.4, -0.2) is 4.98 Å². The SMILES string of the molecule is CCc1cc2cc(C)c(Br)cc2nc1Cl. The maximum atomic E-state index is 6.07. The lowest BCUT2D eigenvalue weighted by molar-refractivity contribution is 1.12. The van der Waals surface area contributed by atoms with Gasteiger partial charge < -0.3 is 0 Å². The molecule has 0 unspecified atom stereocenters. The summed E-state index contributed by atoms with van der Waals surface area (Å²) in [6, 6.07) is 6.25. The Morgan fingerprint density at radius 3 is 2.73 bits per heavy atom. The predicted molar refractivity (Wildman–Crippen MR) is 68.6 cm³/mol. The van der Waals surface area contributed by atoms with Crippen molar-refractivity contribution in [3.05, 3.63) is 39.0 Å². The van der Waals surface area contributed by atoms with Gasteiger partial charge >= 0.3 is 0 Å². The third kappa shape index (κ3) is 2.01. The molecule has 0 fully saturated rings. The van der Waals surface area contributed by atoms with Gasteiger partial charge in [0.1, 0.15) is 5.15 Å². The zero-order chi connectivity index (χ0) is 11.0. The van der Waals surface area contributed by atoms with Crippen LogP contribution in [0.2, 0.25) is 5.15 Å². The fraction of sp³-hybridized carbons (Fsp3) is 0.250. The van der Waals surface area contributed by atoms with E-state index in [0.29, 0.717) is 5.15 Å². The van der Waals surface area contributed by atoms with Gasteiger partial charge in [-0.2, -0.15) is 0 Å². The smallest absolute Gasteiger partial charge is 0.132 e. The van der Waals surface area contributed by atoms with E-state index >= 15 is 0 Å². The summed E-state index contributed by atoms with van der Waals surface area (Å²) in [6.07, 6.45) is 0.914. The number of rotatable bonds is 1. The molecular formula is C12H11BrClN. The molecule has 0 amide bonds. The molecule has 15 heavy (non-hydrogen) atoms. The van der Waals surface area contributed by atoms with Crippen molar-refractivity contribution in [2.75, 3.05) is 0 Å². The second-order valence-corrected chi connectivity index (χ2v) is 4.80. The van der Waals surface area contributed by atoms with Crippen molar-refractivity contribution >= 4 is 38.4 Å². The number of hydrogen-bond acceptors (Lipinski definition) is 1. The number of fused-ring (bicyclic) bond motifs is 1. The lowest BCUT2D eigenvalue weighted by atomic mass is 10.1. The summed E-state index contributed by atoms with van der Waals surface area (Å²) in [5.74, 6) is 0. The quantitative estimate of drug-likeness (QED) is 0.702. The van der Waals surface area contributed by atoms with Gasteiger partial charge in [-0.3, -0.25) is 0 Å². The third-order valence-electron chi connectivity index (χ3n) is 2.50. The van der Waals surface area contributed by atoms with Crippen molar-refractivity contribution in [1.29, 1.82) is 0 Å². The summed E-state index contributed by atoms with van der Waals surface area (Å²) in [4.78, 5) is 4.38. The van der Waals surface area contributed by atoms with Gasteiger partial charge in [0.25, 0.3) is 0 Å². The molecule has 0 aliphatic rings. The Morgan fingerprint density at radius 1 is 1.33 bits per heavy atom. The lowest BCUT2D eigenvalue weighted by Gasteiger charge is -2.06. The molecule has 0 radical (unpaired) electrons. The van der Waals surface area contributed by atoms with Crippen LogP contribution >= 0.6 is 27.5 Å². The van der Waals surface area contributed by atoms with Gasteiger partial charge in [0.2, 0.25) is 0 Å². The van der Waals surface area contributed by atoms with Crippen molar-refractivity contribution in [1.82, 2.24) is 4.98 Å². The summed E-state index contributed by atoms with van der Waals surface area (Å²) in [7, 11) is 0. The second kappa shape index (κ2) is 4.11. The van der Waals surface area contributed by atoms with Crippen molar-refractivity contribution in [3.63, 3.8) is 0 Å². The number of nitrogens with zero attached hydrogens (tertiary/aromatic N) is 1. The van der Waals surface area contributed by atoms with Crippen LogP contribution in [-0.2, 0) is 6.42 Å². The van der Waals surface area contributed by atoms with Crippen LogP contribution in [0.1, 0.15) is 18.1 Å². The molecule has 2 aromatic rings. The largest absolute Gasteiger partial charge is 0.236 e. The summed E-state index contributed by atoms with van der Waals surface area (Å²) in [6.45, 7) is 4.16. The van der Waals surface area contributed by atoms with Crippen LogP contribution in [0.3, 0.4) is 0 Å². The zero-order valence-corrected chi connectivity index (χ0v) is 11.0. The highest BCUT2D eigenvalue weighted by atomic mass is 79.9. The normalized spacial score (nSPS) is 10.9. The highest BCUT2D eigenvalue weighted by Crippen LogP contribution is 2.26. The molecule has 0 N–H and O–H groups in total. The first-order valence-electron chi connectivity index (χ1n) is 4.87. The van der Waals surface area contributed by atoms with Crippen LogP contribution in [0, 0.1) is 6.92 Å². The van der Waals surface area contributed by atoms with E-state index in [2.05, 4.69) is 46.9 Å². The van der Waals surface area contributed by atoms with Crippen LogP contribution in [0.5, 0.6) is 0 Å². The topological polar surface area (TPSA) is 12.9 Å². The van der Waals surface area contributed by atoms with Gasteiger partial charge in [-0.15, -0.1) is 0 Å². The molecule has 0 saturated carbocycles. The lowest BCUT2D eigenvalue weighted by Crippen LogP contribution is -1.89. The number of halogens is 2. The average Bonchev–Trinajstić information content (AvgIpc) is 2.20. The number of aryl methyl sites for hydroxylation is 2. The van der Waals surface area contributed by atoms with Gasteiger partial charge in [-0.25, -0.2) is 4.98 Å². The molecule has 3 heteroatoms. The second-order valence-electron chi connectivity index (χ2n) is 3.59. The van der Waals surface area contributed by atoms with Crippen molar-refractivity contribution in [2.45, 2.75) is 20.3 Å². The Hall–Kier alpha value is -0.600. The minimum absolute atomic E-state index is 0.612. The van der Waals surface area contributed by atoms with Crippen LogP contribution in [0.25, 0.3) is 10.9 Å². The highest BCUT2D eigenvalue weighted by molar-refractivity contribution is 9.10. The summed E-state index contributed by atoms with van der Waals surface area (Å²) in [5, 5.41) is 1.76. The maximum absolute atomic E-state index is 6.07. The van der Waals surface area contributed by atoms with E-state index in [1.807, 2.05) is 6.07 Å². The van der Waals surface area contributed by atoms with E-state index in [1.54, 1.807) is 0 Å². The first-order chi connectivity index (χ1) is 7.11. The van der Waals surface area contributed by atoms with Gasteiger partial charge in [0.15, 0.2) is 0 Å². The van der Waals surface area contributed by atoms with Crippen LogP contribution in [0.4, 0.5) is 0 Å². The molecule has 78 valence electrons. The summed E-state index contributed by atoms with van der Waals surface area (Å²) >= 11 is 9.56. The Morgan fingerprint density at radius 2 is 2.07 bits per heavy atom. The van der Waals surface area contributed by atoms with Gasteiger partial charge in [-0.05, 0) is 42.7 Å². The molecule has 0 saturated heterocycles. The first kappa shape index (κ1) is 10.9. The monoisotopic (exact) mass is 283 g/mol. The van der Waals surface area contributed by atoms with E-state index in [1.165, 1.54) is 5.56 Å². The molecule has 0 aliphatic carbocycles. The minimum atomic E-state index is 0.612. The molecule has 0 bridgehead atoms. The zero-order valence-electron chi connectivity index (χ0n) is 8.64. The van der Waals surface area contributed by atoms with Gasteiger partial charge in [0.05, 0.1) is 5.52 Å². The average molecular weight is 285 g/mol. The van der Waals surface area contributed by atoms with E-state index in [4.69, 9.17) is 11.6 Å². The van der Waals surface area contributed by atoms with Crippen molar-refractivity contribution < 1.29 is 0 Å². The molecule has 1 nitrogen and oxygen atoms in total. The van der Waals surface area contributed by atoms with Crippen molar-refractivity contribution in [2.24, 2.45) is 0 Å². The molecule has 1 aromatic carbocycles. The molecular weight excluding hydrogens is 273 g/mol.